The first-order valence-electron chi connectivity index (χ1n) is 11.6. The molecule has 0 aliphatic carbocycles. The summed E-state index contributed by atoms with van der Waals surface area (Å²) in [6, 6.07) is 16.0. The van der Waals surface area contributed by atoms with Gasteiger partial charge in [0, 0.05) is 13.1 Å². The van der Waals surface area contributed by atoms with Gasteiger partial charge in [0.2, 0.25) is 5.91 Å². The molecule has 3 rings (SSSR count). The van der Waals surface area contributed by atoms with Crippen LogP contribution in [0.1, 0.15) is 37.7 Å². The topological polar surface area (TPSA) is 78.3 Å². The van der Waals surface area contributed by atoms with Crippen molar-refractivity contribution in [2.75, 3.05) is 19.4 Å². The zero-order valence-corrected chi connectivity index (χ0v) is 21.2. The Morgan fingerprint density at radius 3 is 2.35 bits per heavy atom. The predicted molar refractivity (Wildman–Crippen MR) is 135 cm³/mol. The third kappa shape index (κ3) is 7.80. The van der Waals surface area contributed by atoms with Crippen LogP contribution in [0.15, 0.2) is 53.7 Å². The molecule has 0 saturated carbocycles. The van der Waals surface area contributed by atoms with Gasteiger partial charge in [-0.1, -0.05) is 56.8 Å². The van der Waals surface area contributed by atoms with Crippen molar-refractivity contribution in [3.8, 4) is 11.5 Å². The van der Waals surface area contributed by atoms with E-state index in [0.717, 1.165) is 47.4 Å². The summed E-state index contributed by atoms with van der Waals surface area (Å²) in [6.45, 7) is 8.11. The number of hydrogen-bond donors (Lipinski definition) is 1. The Morgan fingerprint density at radius 2 is 1.71 bits per heavy atom. The molecule has 0 atom stereocenters. The van der Waals surface area contributed by atoms with Crippen LogP contribution in [0.25, 0.3) is 0 Å². The molecule has 0 fully saturated rings. The van der Waals surface area contributed by atoms with E-state index in [1.54, 1.807) is 7.11 Å². The van der Waals surface area contributed by atoms with Crippen molar-refractivity contribution in [2.45, 2.75) is 51.9 Å². The molecule has 1 heterocycles. The normalized spacial score (nSPS) is 11.0. The molecule has 0 unspecified atom stereocenters. The quantitative estimate of drug-likeness (QED) is 0.361. The summed E-state index contributed by atoms with van der Waals surface area (Å²) in [5.41, 5.74) is 2.43. The van der Waals surface area contributed by atoms with E-state index in [9.17, 15) is 4.79 Å². The molecule has 0 saturated heterocycles. The smallest absolute Gasteiger partial charge is 0.230 e. The zero-order valence-electron chi connectivity index (χ0n) is 20.4. The van der Waals surface area contributed by atoms with Crippen molar-refractivity contribution in [3.63, 3.8) is 0 Å². The first kappa shape index (κ1) is 25.6. The van der Waals surface area contributed by atoms with Crippen LogP contribution in [0, 0.1) is 5.92 Å². The number of methoxy groups -OCH3 is 1. The van der Waals surface area contributed by atoms with Gasteiger partial charge >= 0.3 is 0 Å². The van der Waals surface area contributed by atoms with Gasteiger partial charge in [0.25, 0.3) is 0 Å². The number of nitrogens with zero attached hydrogens (tertiary/aromatic N) is 3. The summed E-state index contributed by atoms with van der Waals surface area (Å²) in [7, 11) is 1.65. The van der Waals surface area contributed by atoms with Gasteiger partial charge in [0.05, 0.1) is 12.9 Å². The van der Waals surface area contributed by atoms with E-state index in [4.69, 9.17) is 9.47 Å². The molecule has 0 aliphatic rings. The largest absolute Gasteiger partial charge is 0.497 e. The van der Waals surface area contributed by atoms with Crippen LogP contribution in [-0.2, 0) is 30.8 Å². The lowest BCUT2D eigenvalue weighted by atomic mass is 10.1. The summed E-state index contributed by atoms with van der Waals surface area (Å²) in [5, 5.41) is 12.4. The molecule has 0 radical (unpaired) electrons. The minimum absolute atomic E-state index is 0.0218. The number of amides is 1. The highest BCUT2D eigenvalue weighted by Gasteiger charge is 2.16. The number of aryl methyl sites for hydroxylation is 1. The minimum Gasteiger partial charge on any atom is -0.497 e. The zero-order chi connectivity index (χ0) is 24.3. The second kappa shape index (κ2) is 13.0. The number of carbonyl (C=O) groups is 1. The first-order chi connectivity index (χ1) is 16.5. The van der Waals surface area contributed by atoms with Gasteiger partial charge in [-0.2, -0.15) is 0 Å². The molecule has 0 bridgehead atoms. The monoisotopic (exact) mass is 482 g/mol. The van der Waals surface area contributed by atoms with E-state index in [1.165, 1.54) is 17.3 Å². The molecule has 0 aliphatic heterocycles. The third-order valence-electron chi connectivity index (χ3n) is 5.27. The fraction of sp³-hybridized carbons (Fsp3) is 0.423. The second-order valence-corrected chi connectivity index (χ2v) is 9.37. The maximum atomic E-state index is 12.4. The lowest BCUT2D eigenvalue weighted by Crippen LogP contribution is -2.27. The molecule has 1 amide bonds. The van der Waals surface area contributed by atoms with Crippen LogP contribution in [0.2, 0.25) is 0 Å². The summed E-state index contributed by atoms with van der Waals surface area (Å²) >= 11 is 1.40. The van der Waals surface area contributed by atoms with Crippen molar-refractivity contribution in [1.82, 2.24) is 20.1 Å². The SMILES string of the molecule is CCc1ccc(OCc2nnc(SCC(=O)NCCc3ccc(OC)cc3)n2CC(C)C)cc1. The number of rotatable bonds is 13. The highest BCUT2D eigenvalue weighted by atomic mass is 32.2. The van der Waals surface area contributed by atoms with Crippen LogP contribution in [0.5, 0.6) is 11.5 Å². The molecule has 8 heteroatoms. The maximum Gasteiger partial charge on any atom is 0.230 e. The Morgan fingerprint density at radius 1 is 1.03 bits per heavy atom. The number of benzene rings is 2. The fourth-order valence-electron chi connectivity index (χ4n) is 3.37. The number of hydrogen-bond acceptors (Lipinski definition) is 6. The number of thioether (sulfide) groups is 1. The van der Waals surface area contributed by atoms with Gasteiger partial charge < -0.3 is 19.4 Å². The van der Waals surface area contributed by atoms with E-state index in [2.05, 4.69) is 53.0 Å². The minimum atomic E-state index is -0.0218. The second-order valence-electron chi connectivity index (χ2n) is 8.43. The van der Waals surface area contributed by atoms with Gasteiger partial charge in [-0.05, 0) is 54.2 Å². The van der Waals surface area contributed by atoms with Crippen LogP contribution < -0.4 is 14.8 Å². The van der Waals surface area contributed by atoms with Crippen LogP contribution in [0.4, 0.5) is 0 Å². The maximum absolute atomic E-state index is 12.4. The Bertz CT molecular complexity index is 1030. The molecule has 1 N–H and O–H groups in total. The highest BCUT2D eigenvalue weighted by Crippen LogP contribution is 2.20. The van der Waals surface area contributed by atoms with Crippen molar-refractivity contribution >= 4 is 17.7 Å². The predicted octanol–water partition coefficient (Wildman–Crippen LogP) is 4.54. The molecule has 7 nitrogen and oxygen atoms in total. The van der Waals surface area contributed by atoms with Crippen LogP contribution >= 0.6 is 11.8 Å². The molecule has 3 aromatic rings. The summed E-state index contributed by atoms with van der Waals surface area (Å²) in [6.07, 6.45) is 1.77. The molecule has 182 valence electrons. The van der Waals surface area contributed by atoms with Gasteiger partial charge in [-0.3, -0.25) is 4.79 Å². The number of carbonyl (C=O) groups excluding carboxylic acids is 1. The lowest BCUT2D eigenvalue weighted by Gasteiger charge is -2.13. The van der Waals surface area contributed by atoms with Crippen molar-refractivity contribution in [2.24, 2.45) is 5.92 Å². The Hall–Kier alpha value is -3.00. The van der Waals surface area contributed by atoms with Gasteiger partial charge in [-0.25, -0.2) is 0 Å². The third-order valence-corrected chi connectivity index (χ3v) is 6.23. The standard InChI is InChI=1S/C26H34N4O3S/c1-5-20-6-12-23(13-7-20)33-17-24-28-29-26(30(24)16-19(2)3)34-18-25(31)27-15-14-21-8-10-22(32-4)11-9-21/h6-13,19H,5,14-18H2,1-4H3,(H,27,31). The average Bonchev–Trinajstić information content (AvgIpc) is 3.22. The number of ether oxygens (including phenoxy) is 2. The van der Waals surface area contributed by atoms with Gasteiger partial charge in [0.1, 0.15) is 18.1 Å². The van der Waals surface area contributed by atoms with E-state index in [1.807, 2.05) is 36.4 Å². The Kier molecular flexibility index (Phi) is 9.82. The summed E-state index contributed by atoms with van der Waals surface area (Å²) in [5.74, 6) is 3.08. The van der Waals surface area contributed by atoms with Gasteiger partial charge in [-0.15, -0.1) is 10.2 Å². The Balaban J connectivity index is 1.51. The average molecular weight is 483 g/mol. The Labute approximate surface area is 206 Å². The molecule has 1 aromatic heterocycles. The first-order valence-corrected chi connectivity index (χ1v) is 12.6. The summed E-state index contributed by atoms with van der Waals surface area (Å²) in [4.78, 5) is 12.4. The lowest BCUT2D eigenvalue weighted by molar-refractivity contribution is -0.118. The molecule has 0 spiro atoms. The van der Waals surface area contributed by atoms with E-state index in [0.29, 0.717) is 19.1 Å². The van der Waals surface area contributed by atoms with E-state index in [-0.39, 0.29) is 11.7 Å². The fourth-order valence-corrected chi connectivity index (χ4v) is 4.17. The highest BCUT2D eigenvalue weighted by molar-refractivity contribution is 7.99. The van der Waals surface area contributed by atoms with Crippen LogP contribution in [-0.4, -0.2) is 40.1 Å². The van der Waals surface area contributed by atoms with Crippen LogP contribution in [0.3, 0.4) is 0 Å². The number of aromatic nitrogens is 3. The number of nitrogens with one attached hydrogen (secondary N) is 1. The van der Waals surface area contributed by atoms with E-state index >= 15 is 0 Å². The van der Waals surface area contributed by atoms with Gasteiger partial charge in [0.15, 0.2) is 11.0 Å². The van der Waals surface area contributed by atoms with E-state index < -0.39 is 0 Å². The summed E-state index contributed by atoms with van der Waals surface area (Å²) < 4.78 is 13.2. The molecular weight excluding hydrogens is 448 g/mol. The molecule has 2 aromatic carbocycles. The van der Waals surface area contributed by atoms with Crippen molar-refractivity contribution < 1.29 is 14.3 Å². The van der Waals surface area contributed by atoms with Crippen molar-refractivity contribution in [1.29, 1.82) is 0 Å². The molecular formula is C26H34N4O3S. The van der Waals surface area contributed by atoms with Crippen molar-refractivity contribution in [3.05, 3.63) is 65.5 Å². The molecule has 34 heavy (non-hydrogen) atoms.